The molecule has 0 fully saturated rings. The maximum Gasteiger partial charge on any atom is 0.130 e. The highest BCUT2D eigenvalue weighted by molar-refractivity contribution is 5.75. The second-order valence-corrected chi connectivity index (χ2v) is 7.08. The topological polar surface area (TPSA) is 17.1 Å². The van der Waals surface area contributed by atoms with E-state index < -0.39 is 0 Å². The van der Waals surface area contributed by atoms with Gasteiger partial charge in [0.1, 0.15) is 5.78 Å². The van der Waals surface area contributed by atoms with Gasteiger partial charge in [-0.3, -0.25) is 0 Å². The van der Waals surface area contributed by atoms with Crippen molar-refractivity contribution in [1.29, 1.82) is 0 Å². The molecule has 0 aliphatic rings. The standard InChI is InChI=1S/C18H36O/c1-15(2)10-9-13-16(3)11-7-6-8-12-17(4)14-18(5)19/h15-17H,6-14H2,1-5H3. The lowest BCUT2D eigenvalue weighted by Crippen LogP contribution is -2.01. The summed E-state index contributed by atoms with van der Waals surface area (Å²) in [6, 6.07) is 0. The van der Waals surface area contributed by atoms with Crippen LogP contribution in [0.2, 0.25) is 0 Å². The SMILES string of the molecule is CC(=O)CC(C)CCCCCC(C)CCCC(C)C. The van der Waals surface area contributed by atoms with Crippen LogP contribution in [0.15, 0.2) is 0 Å². The lowest BCUT2D eigenvalue weighted by molar-refractivity contribution is -0.117. The van der Waals surface area contributed by atoms with Gasteiger partial charge in [0.05, 0.1) is 0 Å². The highest BCUT2D eigenvalue weighted by Crippen LogP contribution is 2.19. The molecule has 2 unspecified atom stereocenters. The number of ketones is 1. The molecule has 0 saturated heterocycles. The van der Waals surface area contributed by atoms with Crippen molar-refractivity contribution in [3.8, 4) is 0 Å². The van der Waals surface area contributed by atoms with Gasteiger partial charge in [-0.1, -0.05) is 79.1 Å². The molecule has 1 nitrogen and oxygen atoms in total. The van der Waals surface area contributed by atoms with Crippen LogP contribution in [0.1, 0.15) is 92.4 Å². The number of hydrogen-bond donors (Lipinski definition) is 0. The Balaban J connectivity index is 3.35. The number of carbonyl (C=O) groups excluding carboxylic acids is 1. The van der Waals surface area contributed by atoms with E-state index in [1.807, 2.05) is 0 Å². The first-order valence-electron chi connectivity index (χ1n) is 8.41. The van der Waals surface area contributed by atoms with Crippen LogP contribution >= 0.6 is 0 Å². The van der Waals surface area contributed by atoms with E-state index in [0.29, 0.717) is 11.7 Å². The zero-order valence-electron chi connectivity index (χ0n) is 14.0. The van der Waals surface area contributed by atoms with E-state index in [4.69, 9.17) is 0 Å². The van der Waals surface area contributed by atoms with Gasteiger partial charge in [0.25, 0.3) is 0 Å². The van der Waals surface area contributed by atoms with Gasteiger partial charge in [-0.15, -0.1) is 0 Å². The summed E-state index contributed by atoms with van der Waals surface area (Å²) in [5.41, 5.74) is 0. The number of unbranched alkanes of at least 4 members (excludes halogenated alkanes) is 2. The number of carbonyl (C=O) groups is 1. The first kappa shape index (κ1) is 18.7. The fourth-order valence-corrected chi connectivity index (χ4v) is 2.77. The summed E-state index contributed by atoms with van der Waals surface area (Å²) in [5.74, 6) is 2.68. The van der Waals surface area contributed by atoms with Crippen LogP contribution in [0.3, 0.4) is 0 Å². The molecule has 0 aromatic rings. The molecule has 19 heavy (non-hydrogen) atoms. The molecular weight excluding hydrogens is 232 g/mol. The molecule has 114 valence electrons. The van der Waals surface area contributed by atoms with Crippen LogP contribution in [0, 0.1) is 17.8 Å². The van der Waals surface area contributed by atoms with Crippen molar-refractivity contribution in [2.75, 3.05) is 0 Å². The molecule has 0 spiro atoms. The molecule has 0 amide bonds. The Labute approximate surface area is 121 Å². The number of hydrogen-bond acceptors (Lipinski definition) is 1. The second-order valence-electron chi connectivity index (χ2n) is 7.08. The molecule has 0 N–H and O–H groups in total. The fourth-order valence-electron chi connectivity index (χ4n) is 2.77. The van der Waals surface area contributed by atoms with Gasteiger partial charge < -0.3 is 4.79 Å². The maximum absolute atomic E-state index is 11.0. The summed E-state index contributed by atoms with van der Waals surface area (Å²) in [4.78, 5) is 11.0. The monoisotopic (exact) mass is 268 g/mol. The second kappa shape index (κ2) is 11.5. The first-order chi connectivity index (χ1) is 8.91. The average molecular weight is 268 g/mol. The van der Waals surface area contributed by atoms with E-state index in [9.17, 15) is 4.79 Å². The van der Waals surface area contributed by atoms with Crippen LogP contribution in [-0.4, -0.2) is 5.78 Å². The quantitative estimate of drug-likeness (QED) is 0.396. The van der Waals surface area contributed by atoms with Crippen LogP contribution in [0.4, 0.5) is 0 Å². The Bertz CT molecular complexity index is 220. The molecule has 0 rings (SSSR count). The third kappa shape index (κ3) is 13.9. The highest BCUT2D eigenvalue weighted by Gasteiger charge is 2.06. The van der Waals surface area contributed by atoms with Crippen molar-refractivity contribution < 1.29 is 4.79 Å². The minimum absolute atomic E-state index is 0.339. The fraction of sp³-hybridized carbons (Fsp3) is 0.944. The molecule has 1 heteroatoms. The van der Waals surface area contributed by atoms with Crippen LogP contribution in [0.5, 0.6) is 0 Å². The average Bonchev–Trinajstić information content (AvgIpc) is 2.26. The number of rotatable bonds is 12. The van der Waals surface area contributed by atoms with Gasteiger partial charge in [0, 0.05) is 6.42 Å². The van der Waals surface area contributed by atoms with Crippen LogP contribution in [-0.2, 0) is 4.79 Å². The molecule has 0 heterocycles. The van der Waals surface area contributed by atoms with Gasteiger partial charge in [-0.2, -0.15) is 0 Å². The normalized spacial score (nSPS) is 14.6. The van der Waals surface area contributed by atoms with Gasteiger partial charge in [-0.25, -0.2) is 0 Å². The molecule has 0 aliphatic heterocycles. The van der Waals surface area contributed by atoms with E-state index in [1.165, 1.54) is 51.4 Å². The van der Waals surface area contributed by atoms with Crippen molar-refractivity contribution in [3.05, 3.63) is 0 Å². The Kier molecular flexibility index (Phi) is 11.3. The molecule has 2 atom stereocenters. The van der Waals surface area contributed by atoms with Crippen molar-refractivity contribution in [1.82, 2.24) is 0 Å². The summed E-state index contributed by atoms with van der Waals surface area (Å²) >= 11 is 0. The van der Waals surface area contributed by atoms with E-state index in [-0.39, 0.29) is 0 Å². The van der Waals surface area contributed by atoms with Gasteiger partial charge in [-0.05, 0) is 24.7 Å². The van der Waals surface area contributed by atoms with Crippen molar-refractivity contribution >= 4 is 5.78 Å². The third-order valence-electron chi connectivity index (χ3n) is 4.01. The van der Waals surface area contributed by atoms with E-state index in [2.05, 4.69) is 27.7 Å². The Morgan fingerprint density at radius 1 is 0.737 bits per heavy atom. The first-order valence-corrected chi connectivity index (χ1v) is 8.41. The Morgan fingerprint density at radius 3 is 1.79 bits per heavy atom. The minimum Gasteiger partial charge on any atom is -0.300 e. The summed E-state index contributed by atoms with van der Waals surface area (Å²) in [6.45, 7) is 10.9. The summed E-state index contributed by atoms with van der Waals surface area (Å²) < 4.78 is 0. The van der Waals surface area contributed by atoms with Crippen LogP contribution < -0.4 is 0 Å². The molecule has 0 aromatic heterocycles. The molecular formula is C18H36O. The zero-order chi connectivity index (χ0) is 14.7. The van der Waals surface area contributed by atoms with E-state index >= 15 is 0 Å². The lowest BCUT2D eigenvalue weighted by Gasteiger charge is -2.13. The largest absolute Gasteiger partial charge is 0.300 e. The lowest BCUT2D eigenvalue weighted by atomic mass is 9.93. The van der Waals surface area contributed by atoms with Crippen molar-refractivity contribution in [3.63, 3.8) is 0 Å². The Morgan fingerprint density at radius 2 is 1.26 bits per heavy atom. The molecule has 0 bridgehead atoms. The summed E-state index contributed by atoms with van der Waals surface area (Å²) in [6.07, 6.45) is 11.6. The molecule has 0 aliphatic carbocycles. The number of Topliss-reactive ketones (excluding diaryl/α,β-unsaturated/α-hetero) is 1. The summed E-state index contributed by atoms with van der Waals surface area (Å²) in [5, 5.41) is 0. The van der Waals surface area contributed by atoms with Crippen molar-refractivity contribution in [2.24, 2.45) is 17.8 Å². The molecule has 0 saturated carbocycles. The smallest absolute Gasteiger partial charge is 0.130 e. The predicted octanol–water partition coefficient (Wildman–Crippen LogP) is 6.01. The third-order valence-corrected chi connectivity index (χ3v) is 4.01. The van der Waals surface area contributed by atoms with Crippen LogP contribution in [0.25, 0.3) is 0 Å². The Hall–Kier alpha value is -0.330. The molecule has 0 aromatic carbocycles. The highest BCUT2D eigenvalue weighted by atomic mass is 16.1. The van der Waals surface area contributed by atoms with Gasteiger partial charge in [0.2, 0.25) is 0 Å². The minimum atomic E-state index is 0.339. The predicted molar refractivity (Wildman–Crippen MR) is 85.4 cm³/mol. The van der Waals surface area contributed by atoms with Gasteiger partial charge in [0.15, 0.2) is 0 Å². The molecule has 0 radical (unpaired) electrons. The van der Waals surface area contributed by atoms with E-state index in [0.717, 1.165) is 18.3 Å². The zero-order valence-corrected chi connectivity index (χ0v) is 14.0. The maximum atomic E-state index is 11.0. The van der Waals surface area contributed by atoms with Gasteiger partial charge >= 0.3 is 0 Å². The summed E-state index contributed by atoms with van der Waals surface area (Å²) in [7, 11) is 0. The van der Waals surface area contributed by atoms with Crippen molar-refractivity contribution in [2.45, 2.75) is 92.4 Å². The van der Waals surface area contributed by atoms with E-state index in [1.54, 1.807) is 6.92 Å².